The third kappa shape index (κ3) is 2.75. The van der Waals surface area contributed by atoms with Crippen LogP contribution in [-0.2, 0) is 9.59 Å². The van der Waals surface area contributed by atoms with Gasteiger partial charge in [-0.2, -0.15) is 0 Å². The minimum atomic E-state index is 0.0625. The molecule has 0 aromatic carbocycles. The number of nitrogens with one attached hydrogen (secondary N) is 1. The molecule has 6 atom stereocenters. The number of aromatic nitrogens is 1. The van der Waals surface area contributed by atoms with Gasteiger partial charge in [-0.3, -0.25) is 9.59 Å². The summed E-state index contributed by atoms with van der Waals surface area (Å²) in [6.45, 7) is 7.03. The smallest absolute Gasteiger partial charge is 0.229 e. The molecule has 1 aliphatic heterocycles. The second-order valence-corrected chi connectivity index (χ2v) is 11.5. The number of hydrogen-bond acceptors (Lipinski definition) is 4. The van der Waals surface area contributed by atoms with E-state index in [0.717, 1.165) is 38.5 Å². The van der Waals surface area contributed by atoms with Crippen molar-refractivity contribution in [3.05, 3.63) is 22.8 Å². The zero-order valence-electron chi connectivity index (χ0n) is 18.5. The van der Waals surface area contributed by atoms with Crippen molar-refractivity contribution in [3.63, 3.8) is 0 Å². The lowest BCUT2D eigenvalue weighted by molar-refractivity contribution is -0.137. The number of rotatable bonds is 2. The van der Waals surface area contributed by atoms with Crippen molar-refractivity contribution in [2.75, 3.05) is 12.4 Å². The summed E-state index contributed by atoms with van der Waals surface area (Å²) in [5.41, 5.74) is 2.86. The van der Waals surface area contributed by atoms with Crippen molar-refractivity contribution < 1.29 is 9.59 Å². The van der Waals surface area contributed by atoms with Crippen LogP contribution >= 0.6 is 11.3 Å². The predicted molar refractivity (Wildman–Crippen MR) is 119 cm³/mol. The van der Waals surface area contributed by atoms with Crippen LogP contribution in [0, 0.1) is 34.5 Å². The van der Waals surface area contributed by atoms with Crippen LogP contribution in [0.2, 0.25) is 0 Å². The van der Waals surface area contributed by atoms with Gasteiger partial charge in [-0.1, -0.05) is 19.4 Å². The Hall–Kier alpha value is -1.69. The van der Waals surface area contributed by atoms with Gasteiger partial charge in [0, 0.05) is 42.1 Å². The number of amides is 2. The third-order valence-electron chi connectivity index (χ3n) is 9.29. The molecule has 2 heterocycles. The molecule has 162 valence electrons. The highest BCUT2D eigenvalue weighted by Crippen LogP contribution is 2.66. The van der Waals surface area contributed by atoms with Crippen molar-refractivity contribution in [1.82, 2.24) is 9.88 Å². The average molecular weight is 428 g/mol. The summed E-state index contributed by atoms with van der Waals surface area (Å²) in [4.78, 5) is 31.8. The van der Waals surface area contributed by atoms with Crippen LogP contribution in [0.1, 0.15) is 65.7 Å². The van der Waals surface area contributed by atoms with Crippen LogP contribution in [0.25, 0.3) is 0 Å². The molecule has 3 aliphatic carbocycles. The molecule has 1 N–H and O–H groups in total. The minimum Gasteiger partial charge on any atom is -0.319 e. The predicted octanol–water partition coefficient (Wildman–Crippen LogP) is 5.08. The van der Waals surface area contributed by atoms with Gasteiger partial charge in [0.2, 0.25) is 11.8 Å². The lowest BCUT2D eigenvalue weighted by atomic mass is 9.48. The van der Waals surface area contributed by atoms with Crippen LogP contribution < -0.4 is 5.32 Å². The van der Waals surface area contributed by atoms with E-state index in [1.165, 1.54) is 22.6 Å². The van der Waals surface area contributed by atoms with Gasteiger partial charge in [-0.25, -0.2) is 4.98 Å². The van der Waals surface area contributed by atoms with Crippen molar-refractivity contribution in [3.8, 4) is 0 Å². The molecule has 0 bridgehead atoms. The number of hydrogen-bond donors (Lipinski definition) is 1. The molecule has 0 spiro atoms. The molecule has 1 unspecified atom stereocenters. The van der Waals surface area contributed by atoms with E-state index in [0.29, 0.717) is 29.3 Å². The topological polar surface area (TPSA) is 62.3 Å². The largest absolute Gasteiger partial charge is 0.319 e. The SMILES string of the molecule is CC1=C2N(C)C(=O)CC[C@]2(C)[C@@H]2CC[C@]3(C)C(C(=O)Nc4nccs4)CC[C@H]3[C@@H]2C1. The number of piperidine rings is 1. The first-order valence-corrected chi connectivity index (χ1v) is 12.3. The highest BCUT2D eigenvalue weighted by molar-refractivity contribution is 7.13. The molecule has 5 rings (SSSR count). The highest BCUT2D eigenvalue weighted by atomic mass is 32.1. The first kappa shape index (κ1) is 20.2. The molecule has 30 heavy (non-hydrogen) atoms. The molecule has 6 heteroatoms. The van der Waals surface area contributed by atoms with E-state index in [4.69, 9.17) is 0 Å². The molecule has 0 radical (unpaired) electrons. The fourth-order valence-corrected chi connectivity index (χ4v) is 8.55. The van der Waals surface area contributed by atoms with E-state index in [9.17, 15) is 9.59 Å². The summed E-state index contributed by atoms with van der Waals surface area (Å²) in [5, 5.41) is 5.70. The number of allylic oxidation sites excluding steroid dienone is 2. The number of likely N-dealkylation sites (tertiary alicyclic amines) is 1. The number of anilines is 1. The van der Waals surface area contributed by atoms with Gasteiger partial charge in [0.15, 0.2) is 5.13 Å². The summed E-state index contributed by atoms with van der Waals surface area (Å²) in [5.74, 6) is 2.32. The van der Waals surface area contributed by atoms with Crippen molar-refractivity contribution in [2.24, 2.45) is 34.5 Å². The zero-order chi connectivity index (χ0) is 21.3. The molecule has 2 saturated carbocycles. The van der Waals surface area contributed by atoms with E-state index in [2.05, 4.69) is 31.1 Å². The van der Waals surface area contributed by atoms with E-state index in [1.54, 1.807) is 6.20 Å². The number of carbonyl (C=O) groups is 2. The molecule has 5 nitrogen and oxygen atoms in total. The van der Waals surface area contributed by atoms with Crippen LogP contribution in [0.5, 0.6) is 0 Å². The fraction of sp³-hybridized carbons (Fsp3) is 0.708. The Kier molecular flexibility index (Phi) is 4.66. The Morgan fingerprint density at radius 1 is 1.23 bits per heavy atom. The van der Waals surface area contributed by atoms with Crippen LogP contribution in [0.15, 0.2) is 22.8 Å². The van der Waals surface area contributed by atoms with E-state index in [-0.39, 0.29) is 28.6 Å². The molecular weight excluding hydrogens is 394 g/mol. The monoisotopic (exact) mass is 427 g/mol. The lowest BCUT2D eigenvalue weighted by Crippen LogP contribution is -2.54. The molecule has 1 saturated heterocycles. The van der Waals surface area contributed by atoms with Gasteiger partial charge >= 0.3 is 0 Å². The maximum atomic E-state index is 13.2. The Balaban J connectivity index is 1.44. The molecule has 1 aromatic rings. The van der Waals surface area contributed by atoms with Crippen LogP contribution in [0.4, 0.5) is 5.13 Å². The van der Waals surface area contributed by atoms with Gasteiger partial charge < -0.3 is 10.2 Å². The van der Waals surface area contributed by atoms with Crippen LogP contribution in [-0.4, -0.2) is 28.7 Å². The number of fused-ring (bicyclic) bond motifs is 5. The standard InChI is InChI=1S/C24H33N3O2S/c1-14-13-15-16-5-6-18(21(29)26-22-25-11-12-30-22)23(16,2)9-7-17(15)24(3)10-8-19(28)27(4)20(14)24/h11-12,15-18H,5-10,13H2,1-4H3,(H,25,26,29)/t15-,16-,17+,18?,23-,24+/m0/s1. The van der Waals surface area contributed by atoms with Gasteiger partial charge in [0.1, 0.15) is 0 Å². The average Bonchev–Trinajstić information content (AvgIpc) is 3.32. The second kappa shape index (κ2) is 6.91. The minimum absolute atomic E-state index is 0.0625. The van der Waals surface area contributed by atoms with Gasteiger partial charge in [-0.05, 0) is 68.6 Å². The van der Waals surface area contributed by atoms with Crippen LogP contribution in [0.3, 0.4) is 0 Å². The van der Waals surface area contributed by atoms with Crippen molar-refractivity contribution in [2.45, 2.75) is 65.7 Å². The first-order valence-electron chi connectivity index (χ1n) is 11.4. The Morgan fingerprint density at radius 2 is 2.03 bits per heavy atom. The maximum Gasteiger partial charge on any atom is 0.229 e. The first-order chi connectivity index (χ1) is 14.3. The Labute approximate surface area is 183 Å². The van der Waals surface area contributed by atoms with Gasteiger partial charge in [-0.15, -0.1) is 11.3 Å². The number of carbonyl (C=O) groups excluding carboxylic acids is 2. The van der Waals surface area contributed by atoms with Gasteiger partial charge in [0.05, 0.1) is 0 Å². The quantitative estimate of drug-likeness (QED) is 0.716. The van der Waals surface area contributed by atoms with E-state index < -0.39 is 0 Å². The molecule has 2 amide bonds. The molecule has 3 fully saturated rings. The number of nitrogens with zero attached hydrogens (tertiary/aromatic N) is 2. The van der Waals surface area contributed by atoms with E-state index in [1.807, 2.05) is 17.3 Å². The third-order valence-corrected chi connectivity index (χ3v) is 9.98. The fourth-order valence-electron chi connectivity index (χ4n) is 8.02. The molecular formula is C24H33N3O2S. The Morgan fingerprint density at radius 3 is 2.77 bits per heavy atom. The summed E-state index contributed by atoms with van der Waals surface area (Å²) in [6.07, 6.45) is 8.84. The summed E-state index contributed by atoms with van der Waals surface area (Å²) in [6, 6.07) is 0. The summed E-state index contributed by atoms with van der Waals surface area (Å²) < 4.78 is 0. The highest BCUT2D eigenvalue weighted by Gasteiger charge is 2.61. The Bertz CT molecular complexity index is 910. The lowest BCUT2D eigenvalue weighted by Gasteiger charge is -2.59. The zero-order valence-corrected chi connectivity index (χ0v) is 19.3. The van der Waals surface area contributed by atoms with Gasteiger partial charge in [0.25, 0.3) is 0 Å². The van der Waals surface area contributed by atoms with E-state index >= 15 is 0 Å². The summed E-state index contributed by atoms with van der Waals surface area (Å²) >= 11 is 1.49. The van der Waals surface area contributed by atoms with Crippen molar-refractivity contribution >= 4 is 28.3 Å². The normalized spacial score (nSPS) is 40.7. The summed E-state index contributed by atoms with van der Waals surface area (Å²) in [7, 11) is 1.97. The number of thiazole rings is 1. The second-order valence-electron chi connectivity index (χ2n) is 10.6. The molecule has 4 aliphatic rings. The maximum absolute atomic E-state index is 13.2. The molecule has 1 aromatic heterocycles. The van der Waals surface area contributed by atoms with Crippen molar-refractivity contribution in [1.29, 1.82) is 0 Å².